The average molecular weight is 196 g/mol. The van der Waals surface area contributed by atoms with Crippen LogP contribution in [0, 0.1) is 23.7 Å². The van der Waals surface area contributed by atoms with Gasteiger partial charge in [0.15, 0.2) is 0 Å². The minimum absolute atomic E-state index is 0.0404. The lowest BCUT2D eigenvalue weighted by molar-refractivity contribution is -0.157. The van der Waals surface area contributed by atoms with Gasteiger partial charge in [0, 0.05) is 0 Å². The summed E-state index contributed by atoms with van der Waals surface area (Å²) in [6.45, 7) is 0. The number of fused-ring (bicyclic) bond motifs is 1. The second kappa shape index (κ2) is 3.12. The van der Waals surface area contributed by atoms with Gasteiger partial charge in [-0.25, -0.2) is 0 Å². The molecule has 0 radical (unpaired) electrons. The molecule has 0 aliphatic heterocycles. The van der Waals surface area contributed by atoms with Gasteiger partial charge in [0.2, 0.25) is 0 Å². The van der Waals surface area contributed by atoms with Crippen molar-refractivity contribution in [3.63, 3.8) is 0 Å². The van der Waals surface area contributed by atoms with E-state index in [1.165, 1.54) is 0 Å². The first-order chi connectivity index (χ1) is 6.61. The number of hydrogen-bond donors (Lipinski definition) is 2. The molecule has 2 rings (SSSR count). The lowest BCUT2D eigenvalue weighted by Gasteiger charge is -2.43. The number of rotatable bonds is 2. The number of carboxylic acid groups (broad SMARTS) is 2. The molecule has 4 nitrogen and oxygen atoms in total. The van der Waals surface area contributed by atoms with Crippen LogP contribution in [0.1, 0.15) is 12.8 Å². The SMILES string of the molecule is O=C(O)C1C=CC2CCC2C1C(=O)O. The van der Waals surface area contributed by atoms with E-state index in [4.69, 9.17) is 10.2 Å². The molecule has 1 saturated carbocycles. The Balaban J connectivity index is 2.27. The Hall–Kier alpha value is -1.32. The zero-order valence-corrected chi connectivity index (χ0v) is 7.59. The summed E-state index contributed by atoms with van der Waals surface area (Å²) >= 11 is 0. The van der Waals surface area contributed by atoms with Crippen LogP contribution in [0.5, 0.6) is 0 Å². The molecule has 0 heterocycles. The molecule has 0 aromatic rings. The molecule has 0 amide bonds. The summed E-state index contributed by atoms with van der Waals surface area (Å²) < 4.78 is 0. The second-order valence-corrected chi connectivity index (χ2v) is 4.02. The Morgan fingerprint density at radius 1 is 1.07 bits per heavy atom. The fourth-order valence-electron chi connectivity index (χ4n) is 2.46. The van der Waals surface area contributed by atoms with Gasteiger partial charge >= 0.3 is 11.9 Å². The van der Waals surface area contributed by atoms with Gasteiger partial charge in [-0.1, -0.05) is 12.2 Å². The summed E-state index contributed by atoms with van der Waals surface area (Å²) in [5.74, 6) is -3.23. The molecular formula is C10H12O4. The Kier molecular flexibility index (Phi) is 2.06. The van der Waals surface area contributed by atoms with Crippen molar-refractivity contribution in [1.29, 1.82) is 0 Å². The highest BCUT2D eigenvalue weighted by Gasteiger charge is 2.47. The van der Waals surface area contributed by atoms with Crippen LogP contribution < -0.4 is 0 Å². The molecule has 76 valence electrons. The molecule has 0 saturated heterocycles. The van der Waals surface area contributed by atoms with Crippen molar-refractivity contribution in [3.8, 4) is 0 Å². The molecular weight excluding hydrogens is 184 g/mol. The van der Waals surface area contributed by atoms with E-state index in [0.717, 1.165) is 12.8 Å². The summed E-state index contributed by atoms with van der Waals surface area (Å²) in [6.07, 6.45) is 5.25. The summed E-state index contributed by atoms with van der Waals surface area (Å²) in [4.78, 5) is 21.8. The van der Waals surface area contributed by atoms with E-state index in [-0.39, 0.29) is 5.92 Å². The molecule has 4 atom stereocenters. The van der Waals surface area contributed by atoms with Crippen molar-refractivity contribution >= 4 is 11.9 Å². The largest absolute Gasteiger partial charge is 0.481 e. The van der Waals surface area contributed by atoms with Gasteiger partial charge in [-0.2, -0.15) is 0 Å². The third-order valence-corrected chi connectivity index (χ3v) is 3.37. The molecule has 2 N–H and O–H groups in total. The van der Waals surface area contributed by atoms with E-state index in [1.54, 1.807) is 6.08 Å². The van der Waals surface area contributed by atoms with Gasteiger partial charge in [0.05, 0.1) is 11.8 Å². The predicted molar refractivity (Wildman–Crippen MR) is 47.6 cm³/mol. The van der Waals surface area contributed by atoms with Gasteiger partial charge in [0.1, 0.15) is 0 Å². The smallest absolute Gasteiger partial charge is 0.311 e. The monoisotopic (exact) mass is 196 g/mol. The van der Waals surface area contributed by atoms with Crippen LogP contribution in [-0.2, 0) is 9.59 Å². The van der Waals surface area contributed by atoms with Crippen molar-refractivity contribution < 1.29 is 19.8 Å². The Morgan fingerprint density at radius 2 is 1.79 bits per heavy atom. The topological polar surface area (TPSA) is 74.6 Å². The van der Waals surface area contributed by atoms with Crippen molar-refractivity contribution in [2.75, 3.05) is 0 Å². The highest BCUT2D eigenvalue weighted by atomic mass is 16.4. The maximum atomic E-state index is 11.0. The van der Waals surface area contributed by atoms with Gasteiger partial charge in [-0.15, -0.1) is 0 Å². The maximum Gasteiger partial charge on any atom is 0.311 e. The average Bonchev–Trinajstić information content (AvgIpc) is 2.05. The molecule has 1 fully saturated rings. The molecule has 4 heteroatoms. The maximum absolute atomic E-state index is 11.0. The van der Waals surface area contributed by atoms with Crippen molar-refractivity contribution in [1.82, 2.24) is 0 Å². The van der Waals surface area contributed by atoms with Crippen LogP contribution in [0.25, 0.3) is 0 Å². The lowest BCUT2D eigenvalue weighted by atomic mass is 9.60. The molecule has 0 spiro atoms. The van der Waals surface area contributed by atoms with Crippen LogP contribution in [0.2, 0.25) is 0 Å². The van der Waals surface area contributed by atoms with E-state index < -0.39 is 23.8 Å². The van der Waals surface area contributed by atoms with Gasteiger partial charge in [0.25, 0.3) is 0 Å². The first-order valence-electron chi connectivity index (χ1n) is 4.75. The molecule has 0 aromatic heterocycles. The van der Waals surface area contributed by atoms with Crippen LogP contribution >= 0.6 is 0 Å². The number of aliphatic carboxylic acids is 2. The summed E-state index contributed by atoms with van der Waals surface area (Å²) in [6, 6.07) is 0. The van der Waals surface area contributed by atoms with Crippen LogP contribution in [0.4, 0.5) is 0 Å². The highest BCUT2D eigenvalue weighted by molar-refractivity contribution is 5.82. The van der Waals surface area contributed by atoms with E-state index in [0.29, 0.717) is 5.92 Å². The standard InChI is InChI=1S/C10H12O4/c11-9(12)7-4-2-5-1-3-6(5)8(7)10(13)14/h2,4-8H,1,3H2,(H,11,12)(H,13,14). The van der Waals surface area contributed by atoms with Crippen LogP contribution in [0.15, 0.2) is 12.2 Å². The second-order valence-electron chi connectivity index (χ2n) is 4.02. The third-order valence-electron chi connectivity index (χ3n) is 3.37. The molecule has 4 unspecified atom stereocenters. The van der Waals surface area contributed by atoms with Crippen LogP contribution in [0.3, 0.4) is 0 Å². The number of carboxylic acids is 2. The Labute approximate surface area is 81.2 Å². The van der Waals surface area contributed by atoms with E-state index >= 15 is 0 Å². The molecule has 2 aliphatic rings. The fraction of sp³-hybridized carbons (Fsp3) is 0.600. The molecule has 0 aromatic carbocycles. The highest BCUT2D eigenvalue weighted by Crippen LogP contribution is 2.47. The zero-order chi connectivity index (χ0) is 10.3. The van der Waals surface area contributed by atoms with Crippen molar-refractivity contribution in [2.24, 2.45) is 23.7 Å². The number of hydrogen-bond acceptors (Lipinski definition) is 2. The Bertz CT molecular complexity index is 307. The first kappa shape index (κ1) is 9.24. The van der Waals surface area contributed by atoms with Crippen LogP contribution in [-0.4, -0.2) is 22.2 Å². The quantitative estimate of drug-likeness (QED) is 0.646. The van der Waals surface area contributed by atoms with E-state index in [1.807, 2.05) is 6.08 Å². The van der Waals surface area contributed by atoms with Crippen molar-refractivity contribution in [2.45, 2.75) is 12.8 Å². The first-order valence-corrected chi connectivity index (χ1v) is 4.75. The number of allylic oxidation sites excluding steroid dienone is 1. The normalized spacial score (nSPS) is 39.7. The fourth-order valence-corrected chi connectivity index (χ4v) is 2.46. The molecule has 0 bridgehead atoms. The summed E-state index contributed by atoms with van der Waals surface area (Å²) in [7, 11) is 0. The van der Waals surface area contributed by atoms with Gasteiger partial charge in [-0.3, -0.25) is 9.59 Å². The van der Waals surface area contributed by atoms with E-state index in [2.05, 4.69) is 0 Å². The summed E-state index contributed by atoms with van der Waals surface area (Å²) in [5.41, 5.74) is 0. The van der Waals surface area contributed by atoms with Gasteiger partial charge < -0.3 is 10.2 Å². The molecule has 14 heavy (non-hydrogen) atoms. The number of carbonyl (C=O) groups is 2. The summed E-state index contributed by atoms with van der Waals surface area (Å²) in [5, 5.41) is 17.9. The van der Waals surface area contributed by atoms with E-state index in [9.17, 15) is 9.59 Å². The zero-order valence-electron chi connectivity index (χ0n) is 7.59. The minimum atomic E-state index is -1.03. The minimum Gasteiger partial charge on any atom is -0.481 e. The predicted octanol–water partition coefficient (Wildman–Crippen LogP) is 0.984. The Morgan fingerprint density at radius 3 is 2.21 bits per heavy atom. The molecule has 2 aliphatic carbocycles. The third kappa shape index (κ3) is 1.22. The van der Waals surface area contributed by atoms with Crippen molar-refractivity contribution in [3.05, 3.63) is 12.2 Å². The van der Waals surface area contributed by atoms with Gasteiger partial charge in [-0.05, 0) is 24.7 Å². The lowest BCUT2D eigenvalue weighted by Crippen LogP contribution is -2.44.